The maximum atomic E-state index is 3.68. The Balaban J connectivity index is 0. The van der Waals surface area contributed by atoms with Gasteiger partial charge in [-0.2, -0.15) is 0 Å². The summed E-state index contributed by atoms with van der Waals surface area (Å²) in [5, 5.41) is 2.43. The average Bonchev–Trinajstić information content (AvgIpc) is 2.86. The van der Waals surface area contributed by atoms with Crippen molar-refractivity contribution in [2.75, 3.05) is 10.7 Å². The molecule has 34 heavy (non-hydrogen) atoms. The van der Waals surface area contributed by atoms with Crippen molar-refractivity contribution in [1.29, 1.82) is 0 Å². The zero-order valence-corrected chi connectivity index (χ0v) is 27.5. The van der Waals surface area contributed by atoms with Gasteiger partial charge in [0, 0.05) is 10.7 Å². The molecule has 0 aliphatic carbocycles. The molecule has 0 bridgehead atoms. The first-order valence-electron chi connectivity index (χ1n) is 15.8. The molecule has 2 atom stereocenters. The van der Waals surface area contributed by atoms with Gasteiger partial charge in [-0.15, -0.1) is 0 Å². The molecule has 0 aliphatic heterocycles. The molecule has 0 fully saturated rings. The van der Waals surface area contributed by atoms with Gasteiger partial charge in [0.2, 0.25) is 0 Å². The summed E-state index contributed by atoms with van der Waals surface area (Å²) in [5.74, 6) is 1.89. The van der Waals surface area contributed by atoms with Gasteiger partial charge in [-0.1, -0.05) is 188 Å². The van der Waals surface area contributed by atoms with Gasteiger partial charge in [-0.25, -0.2) is 0 Å². The molecule has 2 heteroatoms. The molecule has 0 aromatic heterocycles. The molecular formula is C32H66Br2. The summed E-state index contributed by atoms with van der Waals surface area (Å²) in [6.07, 6.45) is 34.3. The van der Waals surface area contributed by atoms with Gasteiger partial charge in [-0.05, 0) is 37.5 Å². The summed E-state index contributed by atoms with van der Waals surface area (Å²) < 4.78 is 0. The third kappa shape index (κ3) is 31.0. The minimum atomic E-state index is 0.943. The van der Waals surface area contributed by atoms with Crippen molar-refractivity contribution in [3.05, 3.63) is 0 Å². The lowest BCUT2D eigenvalue weighted by Gasteiger charge is -2.13. The molecule has 0 saturated heterocycles. The van der Waals surface area contributed by atoms with Crippen molar-refractivity contribution in [3.63, 3.8) is 0 Å². The average molecular weight is 611 g/mol. The second-order valence-corrected chi connectivity index (χ2v) is 12.1. The van der Waals surface area contributed by atoms with Gasteiger partial charge in [0.25, 0.3) is 0 Å². The molecule has 0 aromatic carbocycles. The van der Waals surface area contributed by atoms with E-state index >= 15 is 0 Å². The SMILES string of the molecule is CCCCCCCCC(CBr)CCCCCC.CCCCCCCCC(CBr)CCCCCC. The van der Waals surface area contributed by atoms with E-state index < -0.39 is 0 Å². The molecule has 0 nitrogen and oxygen atoms in total. The lowest BCUT2D eigenvalue weighted by molar-refractivity contribution is 0.442. The first-order chi connectivity index (χ1) is 16.7. The summed E-state index contributed by atoms with van der Waals surface area (Å²) >= 11 is 7.36. The van der Waals surface area contributed by atoms with Gasteiger partial charge < -0.3 is 0 Å². The van der Waals surface area contributed by atoms with Crippen LogP contribution in [0.1, 0.15) is 182 Å². The second-order valence-electron chi connectivity index (χ2n) is 10.9. The first kappa shape index (κ1) is 37.1. The van der Waals surface area contributed by atoms with Crippen LogP contribution in [0, 0.1) is 11.8 Å². The van der Waals surface area contributed by atoms with Crippen LogP contribution in [0.3, 0.4) is 0 Å². The Morgan fingerprint density at radius 3 is 0.765 bits per heavy atom. The van der Waals surface area contributed by atoms with E-state index in [9.17, 15) is 0 Å². The predicted octanol–water partition coefficient (Wildman–Crippen LogP) is 13.4. The highest BCUT2D eigenvalue weighted by Crippen LogP contribution is 2.21. The fraction of sp³-hybridized carbons (Fsp3) is 1.00. The maximum Gasteiger partial charge on any atom is 0.00596 e. The molecule has 2 unspecified atom stereocenters. The molecule has 0 heterocycles. The minimum Gasteiger partial charge on any atom is -0.0925 e. The van der Waals surface area contributed by atoms with E-state index in [2.05, 4.69) is 59.6 Å². The zero-order valence-electron chi connectivity index (χ0n) is 24.3. The molecule has 0 spiro atoms. The van der Waals surface area contributed by atoms with Gasteiger partial charge in [-0.3, -0.25) is 0 Å². The van der Waals surface area contributed by atoms with Crippen molar-refractivity contribution in [2.45, 2.75) is 182 Å². The van der Waals surface area contributed by atoms with Crippen LogP contribution in [0.5, 0.6) is 0 Å². The molecule has 0 radical (unpaired) electrons. The number of alkyl halides is 2. The van der Waals surface area contributed by atoms with Crippen LogP contribution in [0.2, 0.25) is 0 Å². The van der Waals surface area contributed by atoms with Crippen molar-refractivity contribution in [3.8, 4) is 0 Å². The van der Waals surface area contributed by atoms with Crippen LogP contribution in [-0.2, 0) is 0 Å². The minimum absolute atomic E-state index is 0.943. The second kappa shape index (κ2) is 34.0. The monoisotopic (exact) mass is 608 g/mol. The molecule has 208 valence electrons. The lowest BCUT2D eigenvalue weighted by atomic mass is 9.96. The molecule has 0 N–H and O–H groups in total. The van der Waals surface area contributed by atoms with E-state index in [-0.39, 0.29) is 0 Å². The van der Waals surface area contributed by atoms with E-state index in [1.54, 1.807) is 0 Å². The Morgan fingerprint density at radius 2 is 0.529 bits per heavy atom. The summed E-state index contributed by atoms with van der Waals surface area (Å²) in [6, 6.07) is 0. The number of halogens is 2. The Bertz CT molecular complexity index is 299. The van der Waals surface area contributed by atoms with E-state index in [1.807, 2.05) is 0 Å². The van der Waals surface area contributed by atoms with Crippen LogP contribution in [-0.4, -0.2) is 10.7 Å². The van der Waals surface area contributed by atoms with Gasteiger partial charge >= 0.3 is 0 Å². The molecule has 0 saturated carbocycles. The summed E-state index contributed by atoms with van der Waals surface area (Å²) in [5.41, 5.74) is 0. The Hall–Kier alpha value is 0.960. The van der Waals surface area contributed by atoms with Crippen molar-refractivity contribution in [1.82, 2.24) is 0 Å². The van der Waals surface area contributed by atoms with Crippen LogP contribution in [0.25, 0.3) is 0 Å². The Morgan fingerprint density at radius 1 is 0.324 bits per heavy atom. The molecule has 0 aromatic rings. The largest absolute Gasteiger partial charge is 0.0925 e. The third-order valence-electron chi connectivity index (χ3n) is 7.30. The standard InChI is InChI=1S/2C16H33Br/c2*1-3-5-7-9-10-12-14-16(15-17)13-11-8-6-4-2/h2*16H,3-15H2,1-2H3. The Kier molecular flexibility index (Phi) is 37.1. The topological polar surface area (TPSA) is 0 Å². The third-order valence-corrected chi connectivity index (χ3v) is 9.13. The fourth-order valence-corrected chi connectivity index (χ4v) is 6.04. The van der Waals surface area contributed by atoms with Crippen LogP contribution in [0.4, 0.5) is 0 Å². The van der Waals surface area contributed by atoms with Crippen LogP contribution >= 0.6 is 31.9 Å². The number of rotatable bonds is 26. The molecular weight excluding hydrogens is 544 g/mol. The Labute approximate surface area is 235 Å². The normalized spacial score (nSPS) is 12.9. The maximum absolute atomic E-state index is 3.68. The van der Waals surface area contributed by atoms with E-state index in [4.69, 9.17) is 0 Å². The highest BCUT2D eigenvalue weighted by atomic mass is 79.9. The smallest absolute Gasteiger partial charge is 0.00596 e. The molecule has 0 rings (SSSR count). The van der Waals surface area contributed by atoms with Gasteiger partial charge in [0.05, 0.1) is 0 Å². The van der Waals surface area contributed by atoms with Crippen molar-refractivity contribution >= 4 is 31.9 Å². The van der Waals surface area contributed by atoms with E-state index in [1.165, 1.54) is 165 Å². The fourth-order valence-electron chi connectivity index (χ4n) is 4.74. The van der Waals surface area contributed by atoms with Gasteiger partial charge in [0.15, 0.2) is 0 Å². The number of unbranched alkanes of at least 4 members (excludes halogenated alkanes) is 16. The lowest BCUT2D eigenvalue weighted by Crippen LogP contribution is -2.02. The van der Waals surface area contributed by atoms with Crippen molar-refractivity contribution in [2.24, 2.45) is 11.8 Å². The predicted molar refractivity (Wildman–Crippen MR) is 168 cm³/mol. The summed E-state index contributed by atoms with van der Waals surface area (Å²) in [6.45, 7) is 9.16. The quantitative estimate of drug-likeness (QED) is 0.0675. The van der Waals surface area contributed by atoms with Crippen LogP contribution in [0.15, 0.2) is 0 Å². The molecule has 0 aliphatic rings. The highest BCUT2D eigenvalue weighted by Gasteiger charge is 2.07. The zero-order chi connectivity index (χ0) is 25.5. The number of hydrogen-bond donors (Lipinski definition) is 0. The van der Waals surface area contributed by atoms with E-state index in [0.717, 1.165) is 11.8 Å². The highest BCUT2D eigenvalue weighted by molar-refractivity contribution is 9.09. The van der Waals surface area contributed by atoms with Gasteiger partial charge in [0.1, 0.15) is 0 Å². The van der Waals surface area contributed by atoms with E-state index in [0.29, 0.717) is 0 Å². The summed E-state index contributed by atoms with van der Waals surface area (Å²) in [7, 11) is 0. The molecule has 0 amide bonds. The summed E-state index contributed by atoms with van der Waals surface area (Å²) in [4.78, 5) is 0. The van der Waals surface area contributed by atoms with Crippen LogP contribution < -0.4 is 0 Å². The number of hydrogen-bond acceptors (Lipinski definition) is 0. The van der Waals surface area contributed by atoms with Crippen molar-refractivity contribution < 1.29 is 0 Å². The first-order valence-corrected chi connectivity index (χ1v) is 18.1.